The summed E-state index contributed by atoms with van der Waals surface area (Å²) in [4.78, 5) is 19.3. The summed E-state index contributed by atoms with van der Waals surface area (Å²) in [6.45, 7) is 0. The molecule has 0 fully saturated rings. The van der Waals surface area contributed by atoms with E-state index in [4.69, 9.17) is 11.6 Å². The van der Waals surface area contributed by atoms with Gasteiger partial charge in [0, 0.05) is 6.42 Å². The van der Waals surface area contributed by atoms with Crippen LogP contribution in [0.25, 0.3) is 0 Å². The van der Waals surface area contributed by atoms with Gasteiger partial charge < -0.3 is 10.3 Å². The lowest BCUT2D eigenvalue weighted by atomic mass is 10.1. The molecular formula is C17H15ClN4O. The maximum Gasteiger partial charge on any atom is 0.271 e. The summed E-state index contributed by atoms with van der Waals surface area (Å²) in [6, 6.07) is 9.02. The third-order valence-electron chi connectivity index (χ3n) is 3.78. The van der Waals surface area contributed by atoms with E-state index in [1.54, 1.807) is 12.1 Å². The van der Waals surface area contributed by atoms with Crippen LogP contribution in [0.1, 0.15) is 24.2 Å². The number of para-hydroxylation sites is 1. The molecule has 23 heavy (non-hydrogen) atoms. The number of hydrogen-bond acceptors (Lipinski definition) is 4. The highest BCUT2D eigenvalue weighted by Crippen LogP contribution is 2.25. The summed E-state index contributed by atoms with van der Waals surface area (Å²) < 4.78 is 0. The zero-order valence-corrected chi connectivity index (χ0v) is 13.1. The van der Waals surface area contributed by atoms with Gasteiger partial charge in [0.15, 0.2) is 11.4 Å². The maximum atomic E-state index is 12.1. The summed E-state index contributed by atoms with van der Waals surface area (Å²) in [5.41, 5.74) is 0.125. The quantitative estimate of drug-likeness (QED) is 0.842. The first-order valence-corrected chi connectivity index (χ1v) is 7.76. The molecule has 116 valence electrons. The predicted molar refractivity (Wildman–Crippen MR) is 89.9 cm³/mol. The molecule has 0 amide bonds. The van der Waals surface area contributed by atoms with Gasteiger partial charge in [-0.2, -0.15) is 5.26 Å². The number of hydrogen-bond donors (Lipinski definition) is 2. The minimum Gasteiger partial charge on any atom is -0.338 e. The molecule has 0 aliphatic heterocycles. The van der Waals surface area contributed by atoms with E-state index in [1.165, 1.54) is 0 Å². The molecule has 1 atom stereocenters. The Balaban J connectivity index is 1.95. The van der Waals surface area contributed by atoms with Gasteiger partial charge in [0.2, 0.25) is 0 Å². The van der Waals surface area contributed by atoms with Crippen molar-refractivity contribution in [2.75, 3.05) is 5.32 Å². The molecule has 0 spiro atoms. The van der Waals surface area contributed by atoms with E-state index in [2.05, 4.69) is 27.4 Å². The zero-order valence-electron chi connectivity index (χ0n) is 12.3. The van der Waals surface area contributed by atoms with Gasteiger partial charge in [0.1, 0.15) is 11.9 Å². The van der Waals surface area contributed by atoms with Crippen molar-refractivity contribution in [2.24, 2.45) is 5.92 Å². The first kappa shape index (κ1) is 15.3. The van der Waals surface area contributed by atoms with E-state index in [0.29, 0.717) is 28.9 Å². The van der Waals surface area contributed by atoms with Gasteiger partial charge in [-0.25, -0.2) is 4.98 Å². The molecular weight excluding hydrogens is 312 g/mol. The van der Waals surface area contributed by atoms with Crippen molar-refractivity contribution in [3.63, 3.8) is 0 Å². The van der Waals surface area contributed by atoms with E-state index in [1.807, 2.05) is 18.2 Å². The van der Waals surface area contributed by atoms with E-state index < -0.39 is 5.56 Å². The molecule has 1 heterocycles. The number of aromatic nitrogens is 2. The number of anilines is 2. The highest BCUT2D eigenvalue weighted by molar-refractivity contribution is 6.33. The van der Waals surface area contributed by atoms with Gasteiger partial charge in [0.25, 0.3) is 5.56 Å². The topological polar surface area (TPSA) is 81.6 Å². The lowest BCUT2D eigenvalue weighted by molar-refractivity contribution is 0.607. The van der Waals surface area contributed by atoms with Gasteiger partial charge in [-0.1, -0.05) is 35.9 Å². The van der Waals surface area contributed by atoms with Crippen LogP contribution in [-0.2, 0) is 6.42 Å². The maximum absolute atomic E-state index is 12.1. The van der Waals surface area contributed by atoms with Gasteiger partial charge in [0.05, 0.1) is 10.7 Å². The standard InChI is InChI=1S/C17H15ClN4O/c18-13-7-3-4-8-14(13)20-16-12(10-19)17(23)22-15(21-16)9-11-5-1-2-6-11/h1,3-5,7-8,11H,2,6,9H2,(H2,20,21,22,23). The van der Waals surface area contributed by atoms with Crippen molar-refractivity contribution < 1.29 is 0 Å². The summed E-state index contributed by atoms with van der Waals surface area (Å²) in [6.07, 6.45) is 7.02. The van der Waals surface area contributed by atoms with E-state index in [0.717, 1.165) is 12.8 Å². The monoisotopic (exact) mass is 326 g/mol. The smallest absolute Gasteiger partial charge is 0.271 e. The third-order valence-corrected chi connectivity index (χ3v) is 4.10. The van der Waals surface area contributed by atoms with Crippen molar-refractivity contribution >= 4 is 23.1 Å². The van der Waals surface area contributed by atoms with Gasteiger partial charge in [-0.3, -0.25) is 4.79 Å². The van der Waals surface area contributed by atoms with Gasteiger partial charge in [-0.15, -0.1) is 0 Å². The molecule has 0 saturated carbocycles. The first-order valence-electron chi connectivity index (χ1n) is 7.39. The molecule has 1 aliphatic rings. The normalized spacial score (nSPS) is 16.3. The minimum absolute atomic E-state index is 0.0457. The fourth-order valence-electron chi connectivity index (χ4n) is 2.61. The van der Waals surface area contributed by atoms with Crippen molar-refractivity contribution in [3.8, 4) is 6.07 Å². The molecule has 5 nitrogen and oxygen atoms in total. The molecule has 1 aromatic heterocycles. The second-order valence-corrected chi connectivity index (χ2v) is 5.83. The Morgan fingerprint density at radius 3 is 2.96 bits per heavy atom. The number of aromatic amines is 1. The first-order chi connectivity index (χ1) is 11.2. The van der Waals surface area contributed by atoms with Crippen LogP contribution >= 0.6 is 11.6 Å². The molecule has 1 aromatic carbocycles. The number of allylic oxidation sites excluding steroid dienone is 2. The fourth-order valence-corrected chi connectivity index (χ4v) is 2.80. The van der Waals surface area contributed by atoms with Crippen LogP contribution in [0.2, 0.25) is 5.02 Å². The Kier molecular flexibility index (Phi) is 4.45. The van der Waals surface area contributed by atoms with Crippen LogP contribution in [-0.4, -0.2) is 9.97 Å². The van der Waals surface area contributed by atoms with Crippen molar-refractivity contribution in [3.05, 3.63) is 63.2 Å². The number of halogens is 1. The molecule has 0 bridgehead atoms. The second kappa shape index (κ2) is 6.67. The Morgan fingerprint density at radius 1 is 1.43 bits per heavy atom. The molecule has 3 rings (SSSR count). The number of nitriles is 1. The van der Waals surface area contributed by atoms with Gasteiger partial charge >= 0.3 is 0 Å². The van der Waals surface area contributed by atoms with Crippen LogP contribution in [0.15, 0.2) is 41.2 Å². The molecule has 0 saturated heterocycles. The molecule has 6 heteroatoms. The van der Waals surface area contributed by atoms with Crippen molar-refractivity contribution in [1.82, 2.24) is 9.97 Å². The number of nitrogens with zero attached hydrogens (tertiary/aromatic N) is 2. The average Bonchev–Trinajstić information content (AvgIpc) is 3.02. The van der Waals surface area contributed by atoms with Crippen molar-refractivity contribution in [1.29, 1.82) is 5.26 Å². The van der Waals surface area contributed by atoms with Crippen LogP contribution in [0.4, 0.5) is 11.5 Å². The largest absolute Gasteiger partial charge is 0.338 e. The fraction of sp³-hybridized carbons (Fsp3) is 0.235. The average molecular weight is 327 g/mol. The summed E-state index contributed by atoms with van der Waals surface area (Å²) >= 11 is 6.12. The summed E-state index contributed by atoms with van der Waals surface area (Å²) in [5.74, 6) is 1.18. The number of rotatable bonds is 4. The highest BCUT2D eigenvalue weighted by atomic mass is 35.5. The van der Waals surface area contributed by atoms with E-state index in [9.17, 15) is 10.1 Å². The summed E-state index contributed by atoms with van der Waals surface area (Å²) in [5, 5.41) is 12.7. The van der Waals surface area contributed by atoms with Crippen LogP contribution < -0.4 is 10.9 Å². The Labute approximate surface area is 138 Å². The summed E-state index contributed by atoms with van der Waals surface area (Å²) in [7, 11) is 0. The van der Waals surface area contributed by atoms with E-state index >= 15 is 0 Å². The molecule has 2 aromatic rings. The predicted octanol–water partition coefficient (Wildman–Crippen LogP) is 3.55. The lowest BCUT2D eigenvalue weighted by Crippen LogP contribution is -2.19. The SMILES string of the molecule is N#Cc1c(Nc2ccccc2Cl)nc(CC2C=CCC2)[nH]c1=O. The third kappa shape index (κ3) is 3.43. The number of H-pyrrole nitrogens is 1. The van der Waals surface area contributed by atoms with Gasteiger partial charge in [-0.05, 0) is 30.9 Å². The van der Waals surface area contributed by atoms with Crippen LogP contribution in [0, 0.1) is 17.2 Å². The number of benzene rings is 1. The Hall–Kier alpha value is -2.58. The molecule has 1 aliphatic carbocycles. The Bertz CT molecular complexity index is 850. The highest BCUT2D eigenvalue weighted by Gasteiger charge is 2.16. The molecule has 2 N–H and O–H groups in total. The number of nitrogens with one attached hydrogen (secondary N) is 2. The molecule has 0 radical (unpaired) electrons. The zero-order chi connectivity index (χ0) is 16.2. The lowest BCUT2D eigenvalue weighted by Gasteiger charge is -2.12. The van der Waals surface area contributed by atoms with E-state index in [-0.39, 0.29) is 11.4 Å². The van der Waals surface area contributed by atoms with Crippen molar-refractivity contribution in [2.45, 2.75) is 19.3 Å². The minimum atomic E-state index is -0.436. The molecule has 1 unspecified atom stereocenters. The Morgan fingerprint density at radius 2 is 2.26 bits per heavy atom. The second-order valence-electron chi connectivity index (χ2n) is 5.42. The van der Waals surface area contributed by atoms with Crippen LogP contribution in [0.5, 0.6) is 0 Å². The van der Waals surface area contributed by atoms with Crippen LogP contribution in [0.3, 0.4) is 0 Å².